The lowest BCUT2D eigenvalue weighted by atomic mass is 10.2. The Balaban J connectivity index is 2.34. The predicted molar refractivity (Wildman–Crippen MR) is 74.3 cm³/mol. The molecule has 0 spiro atoms. The fourth-order valence-electron chi connectivity index (χ4n) is 1.80. The highest BCUT2D eigenvalue weighted by molar-refractivity contribution is 8.28. The Hall–Kier alpha value is -1.04. The number of amides is 1. The van der Waals surface area contributed by atoms with Crippen molar-refractivity contribution in [2.75, 3.05) is 10.8 Å². The van der Waals surface area contributed by atoms with Gasteiger partial charge in [0.1, 0.15) is 0 Å². The molecule has 1 heterocycles. The monoisotopic (exact) mass is 271 g/mol. The van der Waals surface area contributed by atoms with Gasteiger partial charge in [-0.05, 0) is 34.1 Å². The minimum Gasteiger partial charge on any atom is -0.314 e. The molecular weight excluding hydrogens is 258 g/mol. The van der Waals surface area contributed by atoms with Crippen molar-refractivity contribution in [3.63, 3.8) is 0 Å². The molecule has 1 aliphatic rings. The van der Waals surface area contributed by atoms with Crippen LogP contribution in [0.4, 0.5) is 10.5 Å². The van der Waals surface area contributed by atoms with Crippen LogP contribution >= 0.6 is 22.3 Å². The summed E-state index contributed by atoms with van der Waals surface area (Å²) in [6.07, 6.45) is 0.882. The molecule has 1 unspecified atom stereocenters. The lowest BCUT2D eigenvalue weighted by Crippen LogP contribution is -2.31. The third-order valence-electron chi connectivity index (χ3n) is 2.56. The number of benzene rings is 1. The normalized spacial score (nSPS) is 18.9. The van der Waals surface area contributed by atoms with E-state index in [4.69, 9.17) is 17.4 Å². The van der Waals surface area contributed by atoms with Crippen LogP contribution in [0.1, 0.15) is 12.0 Å². The number of hydrogen-bond donors (Lipinski definition) is 2. The Kier molecular flexibility index (Phi) is 4.04. The van der Waals surface area contributed by atoms with Crippen LogP contribution in [0.15, 0.2) is 24.3 Å². The SMILES string of the molecule is NNC(=O)S1=CCCN1c1ccccc1CCl. The second-order valence-electron chi connectivity index (χ2n) is 3.57. The molecule has 0 aromatic heterocycles. The zero-order valence-electron chi connectivity index (χ0n) is 9.23. The van der Waals surface area contributed by atoms with Gasteiger partial charge in [-0.15, -0.1) is 11.6 Å². The van der Waals surface area contributed by atoms with E-state index in [1.165, 1.54) is 0 Å². The number of hydrazine groups is 1. The van der Waals surface area contributed by atoms with Gasteiger partial charge < -0.3 is 4.31 Å². The van der Waals surface area contributed by atoms with Crippen molar-refractivity contribution in [2.24, 2.45) is 5.84 Å². The summed E-state index contributed by atoms with van der Waals surface area (Å²) >= 11 is 5.91. The average molecular weight is 272 g/mol. The maximum atomic E-state index is 11.7. The van der Waals surface area contributed by atoms with Crippen molar-refractivity contribution in [1.29, 1.82) is 0 Å². The van der Waals surface area contributed by atoms with Crippen LogP contribution in [0.25, 0.3) is 0 Å². The van der Waals surface area contributed by atoms with Gasteiger partial charge in [0.25, 0.3) is 0 Å². The molecule has 0 saturated carbocycles. The molecule has 1 aliphatic heterocycles. The van der Waals surface area contributed by atoms with E-state index in [-0.39, 0.29) is 5.24 Å². The standard InChI is InChI=1S/C11H14ClN3OS/c12-8-9-4-1-2-5-10(9)15-6-3-7-17(15)11(16)14-13/h1-2,4-5,7H,3,6,8,13H2,(H,14,16). The lowest BCUT2D eigenvalue weighted by molar-refractivity contribution is 0.261. The van der Waals surface area contributed by atoms with Crippen LogP contribution in [0.5, 0.6) is 0 Å². The quantitative estimate of drug-likeness (QED) is 0.285. The van der Waals surface area contributed by atoms with E-state index in [9.17, 15) is 4.79 Å². The van der Waals surface area contributed by atoms with Crippen molar-refractivity contribution in [3.05, 3.63) is 29.8 Å². The average Bonchev–Trinajstić information content (AvgIpc) is 2.86. The van der Waals surface area contributed by atoms with E-state index in [0.717, 1.165) is 24.2 Å². The molecular formula is C11H14ClN3OS. The third kappa shape index (κ3) is 2.46. The Labute approximate surface area is 108 Å². The second-order valence-corrected chi connectivity index (χ2v) is 5.61. The lowest BCUT2D eigenvalue weighted by Gasteiger charge is -2.24. The fourth-order valence-corrected chi connectivity index (χ4v) is 3.70. The zero-order valence-corrected chi connectivity index (χ0v) is 10.8. The molecule has 1 amide bonds. The van der Waals surface area contributed by atoms with Crippen molar-refractivity contribution in [1.82, 2.24) is 5.43 Å². The summed E-state index contributed by atoms with van der Waals surface area (Å²) in [7, 11) is -0.598. The zero-order chi connectivity index (χ0) is 12.3. The summed E-state index contributed by atoms with van der Waals surface area (Å²) in [6.45, 7) is 0.824. The molecule has 0 fully saturated rings. The van der Waals surface area contributed by atoms with E-state index >= 15 is 0 Å². The molecule has 0 bridgehead atoms. The Morgan fingerprint density at radius 1 is 1.53 bits per heavy atom. The van der Waals surface area contributed by atoms with Gasteiger partial charge in [-0.2, -0.15) is 0 Å². The van der Waals surface area contributed by atoms with Gasteiger partial charge in [0.15, 0.2) is 0 Å². The van der Waals surface area contributed by atoms with Crippen LogP contribution in [-0.4, -0.2) is 17.2 Å². The number of rotatable bonds is 2. The molecule has 4 nitrogen and oxygen atoms in total. The van der Waals surface area contributed by atoms with E-state index in [0.29, 0.717) is 5.88 Å². The van der Waals surface area contributed by atoms with Gasteiger partial charge in [-0.1, -0.05) is 18.2 Å². The van der Waals surface area contributed by atoms with E-state index in [2.05, 4.69) is 9.73 Å². The number of nitrogens with two attached hydrogens (primary N) is 1. The highest BCUT2D eigenvalue weighted by Gasteiger charge is 2.22. The summed E-state index contributed by atoms with van der Waals surface area (Å²) in [5.74, 6) is 5.64. The first kappa shape index (κ1) is 12.4. The number of nitrogens with zero attached hydrogens (tertiary/aromatic N) is 1. The molecule has 0 radical (unpaired) electrons. The smallest absolute Gasteiger partial charge is 0.305 e. The Morgan fingerprint density at radius 2 is 2.29 bits per heavy atom. The summed E-state index contributed by atoms with van der Waals surface area (Å²) in [5, 5.41) is 1.83. The van der Waals surface area contributed by atoms with Crippen molar-refractivity contribution in [3.8, 4) is 0 Å². The Bertz CT molecular complexity index is 464. The molecule has 0 saturated heterocycles. The first-order valence-electron chi connectivity index (χ1n) is 5.26. The minimum absolute atomic E-state index is 0.160. The molecule has 2 rings (SSSR count). The predicted octanol–water partition coefficient (Wildman–Crippen LogP) is 2.20. The number of halogens is 1. The highest BCUT2D eigenvalue weighted by Crippen LogP contribution is 2.35. The van der Waals surface area contributed by atoms with E-state index in [1.54, 1.807) is 0 Å². The molecule has 6 heteroatoms. The van der Waals surface area contributed by atoms with Gasteiger partial charge >= 0.3 is 5.24 Å². The van der Waals surface area contributed by atoms with Crippen LogP contribution in [-0.2, 0) is 5.88 Å². The van der Waals surface area contributed by atoms with Crippen LogP contribution in [0.2, 0.25) is 0 Å². The number of carbonyl (C=O) groups is 1. The maximum absolute atomic E-state index is 11.7. The number of alkyl halides is 1. The van der Waals surface area contributed by atoms with Gasteiger partial charge in [0.05, 0.1) is 5.69 Å². The molecule has 1 aromatic carbocycles. The van der Waals surface area contributed by atoms with Crippen LogP contribution in [0.3, 0.4) is 0 Å². The minimum atomic E-state index is -0.598. The number of carbonyl (C=O) groups excluding carboxylic acids is 1. The number of para-hydroxylation sites is 1. The van der Waals surface area contributed by atoms with Gasteiger partial charge in [0.2, 0.25) is 0 Å². The van der Waals surface area contributed by atoms with Crippen LogP contribution < -0.4 is 15.6 Å². The third-order valence-corrected chi connectivity index (χ3v) is 4.75. The largest absolute Gasteiger partial charge is 0.314 e. The summed E-state index contributed by atoms with van der Waals surface area (Å²) in [5.41, 5.74) is 4.26. The van der Waals surface area contributed by atoms with Crippen molar-refractivity contribution >= 4 is 38.6 Å². The van der Waals surface area contributed by atoms with Crippen LogP contribution in [0, 0.1) is 0 Å². The fraction of sp³-hybridized carbons (Fsp3) is 0.273. The Morgan fingerprint density at radius 3 is 3.00 bits per heavy atom. The number of hydrogen-bond acceptors (Lipinski definition) is 3. The number of anilines is 1. The molecule has 0 aliphatic carbocycles. The number of nitrogens with one attached hydrogen (secondary N) is 1. The van der Waals surface area contributed by atoms with E-state index < -0.39 is 10.7 Å². The van der Waals surface area contributed by atoms with Crippen molar-refractivity contribution < 1.29 is 4.79 Å². The van der Waals surface area contributed by atoms with Crippen molar-refractivity contribution in [2.45, 2.75) is 12.3 Å². The first-order chi connectivity index (χ1) is 8.27. The molecule has 92 valence electrons. The molecule has 1 atom stereocenters. The summed E-state index contributed by atoms with van der Waals surface area (Å²) in [4.78, 5) is 11.7. The molecule has 1 aromatic rings. The van der Waals surface area contributed by atoms with Gasteiger partial charge in [0, 0.05) is 12.4 Å². The van der Waals surface area contributed by atoms with Gasteiger partial charge in [-0.25, -0.2) is 5.84 Å². The first-order valence-corrected chi connectivity index (χ1v) is 7.04. The summed E-state index contributed by atoms with van der Waals surface area (Å²) < 4.78 is 2.06. The van der Waals surface area contributed by atoms with Gasteiger partial charge in [-0.3, -0.25) is 10.2 Å². The highest BCUT2D eigenvalue weighted by atomic mass is 35.5. The molecule has 3 N–H and O–H groups in total. The molecule has 17 heavy (non-hydrogen) atoms. The summed E-state index contributed by atoms with van der Waals surface area (Å²) in [6, 6.07) is 7.86. The second kappa shape index (κ2) is 5.53. The van der Waals surface area contributed by atoms with E-state index in [1.807, 2.05) is 29.6 Å². The maximum Gasteiger partial charge on any atom is 0.305 e. The topological polar surface area (TPSA) is 58.4 Å².